The Morgan fingerprint density at radius 1 is 1.13 bits per heavy atom. The first-order valence-corrected chi connectivity index (χ1v) is 7.90. The highest BCUT2D eigenvalue weighted by atomic mass is 79.9. The van der Waals surface area contributed by atoms with Crippen molar-refractivity contribution >= 4 is 15.9 Å². The third-order valence-electron chi connectivity index (χ3n) is 4.01. The van der Waals surface area contributed by atoms with Gasteiger partial charge in [0.1, 0.15) is 6.10 Å². The average molecular weight is 381 g/mol. The number of methoxy groups -OCH3 is 2. The molecule has 1 aliphatic heterocycles. The van der Waals surface area contributed by atoms with Crippen molar-refractivity contribution in [2.24, 2.45) is 0 Å². The van der Waals surface area contributed by atoms with Gasteiger partial charge in [0.05, 0.1) is 26.7 Å². The molecule has 2 atom stereocenters. The van der Waals surface area contributed by atoms with Gasteiger partial charge >= 0.3 is 0 Å². The van der Waals surface area contributed by atoms with E-state index in [0.29, 0.717) is 17.2 Å². The van der Waals surface area contributed by atoms with E-state index in [4.69, 9.17) is 14.2 Å². The molecule has 0 fully saturated rings. The van der Waals surface area contributed by atoms with Crippen LogP contribution in [0.1, 0.15) is 23.1 Å². The molecule has 5 nitrogen and oxygen atoms in total. The number of phenols is 1. The van der Waals surface area contributed by atoms with Crippen molar-refractivity contribution < 1.29 is 24.4 Å². The summed E-state index contributed by atoms with van der Waals surface area (Å²) in [5.74, 6) is 1.44. The molecular formula is C17H17BrO5. The lowest BCUT2D eigenvalue weighted by Crippen LogP contribution is -2.13. The lowest BCUT2D eigenvalue weighted by Gasteiger charge is -2.18. The summed E-state index contributed by atoms with van der Waals surface area (Å²) in [6.45, 7) is -0.0690. The van der Waals surface area contributed by atoms with Gasteiger partial charge in [0.25, 0.3) is 0 Å². The molecule has 0 radical (unpaired) electrons. The van der Waals surface area contributed by atoms with Gasteiger partial charge in [-0.25, -0.2) is 0 Å². The Balaban J connectivity index is 2.06. The summed E-state index contributed by atoms with van der Waals surface area (Å²) in [5, 5.41) is 19.6. The molecule has 1 aliphatic rings. The molecule has 0 spiro atoms. The van der Waals surface area contributed by atoms with Crippen LogP contribution in [-0.4, -0.2) is 31.0 Å². The highest BCUT2D eigenvalue weighted by Gasteiger charge is 2.37. The number of ether oxygens (including phenoxy) is 3. The quantitative estimate of drug-likeness (QED) is 0.850. The van der Waals surface area contributed by atoms with Crippen LogP contribution in [0.5, 0.6) is 23.0 Å². The molecule has 0 saturated carbocycles. The number of aliphatic hydroxyl groups excluding tert-OH is 1. The Morgan fingerprint density at radius 2 is 1.87 bits per heavy atom. The van der Waals surface area contributed by atoms with Crippen LogP contribution < -0.4 is 14.2 Å². The summed E-state index contributed by atoms with van der Waals surface area (Å²) >= 11 is 3.45. The number of aliphatic hydroxyl groups is 1. The van der Waals surface area contributed by atoms with Gasteiger partial charge < -0.3 is 24.4 Å². The molecule has 2 aromatic carbocycles. The van der Waals surface area contributed by atoms with Gasteiger partial charge in [0.15, 0.2) is 23.0 Å². The number of benzene rings is 2. The zero-order chi connectivity index (χ0) is 16.6. The molecule has 122 valence electrons. The predicted octanol–water partition coefficient (Wildman–Crippen LogP) is 3.38. The Bertz CT molecular complexity index is 731. The fourth-order valence-corrected chi connectivity index (χ4v) is 3.33. The van der Waals surface area contributed by atoms with E-state index in [-0.39, 0.29) is 24.4 Å². The van der Waals surface area contributed by atoms with Crippen molar-refractivity contribution in [2.45, 2.75) is 12.0 Å². The van der Waals surface area contributed by atoms with E-state index in [1.165, 1.54) is 7.11 Å². The number of halogens is 1. The van der Waals surface area contributed by atoms with E-state index in [1.54, 1.807) is 25.3 Å². The van der Waals surface area contributed by atoms with E-state index >= 15 is 0 Å². The normalized spacial score (nSPS) is 19.1. The number of aromatic hydroxyl groups is 1. The zero-order valence-electron chi connectivity index (χ0n) is 12.7. The van der Waals surface area contributed by atoms with Crippen LogP contribution in [0.25, 0.3) is 0 Å². The van der Waals surface area contributed by atoms with Gasteiger partial charge in [-0.2, -0.15) is 0 Å². The molecule has 0 aromatic heterocycles. The molecule has 2 N–H and O–H groups in total. The van der Waals surface area contributed by atoms with Crippen molar-refractivity contribution in [1.29, 1.82) is 0 Å². The maximum Gasteiger partial charge on any atom is 0.165 e. The lowest BCUT2D eigenvalue weighted by atomic mass is 9.91. The van der Waals surface area contributed by atoms with Gasteiger partial charge in [-0.05, 0) is 29.8 Å². The highest BCUT2D eigenvalue weighted by molar-refractivity contribution is 9.10. The van der Waals surface area contributed by atoms with Crippen LogP contribution in [0.3, 0.4) is 0 Å². The van der Waals surface area contributed by atoms with E-state index in [0.717, 1.165) is 15.6 Å². The third-order valence-corrected chi connectivity index (χ3v) is 4.46. The number of hydrogen-bond donors (Lipinski definition) is 2. The SMILES string of the molecule is COc1cc([C@@H]2Oc3c(OC)cc(Br)cc3[C@H]2CO)ccc1O. The van der Waals surface area contributed by atoms with E-state index < -0.39 is 0 Å². The molecule has 23 heavy (non-hydrogen) atoms. The third kappa shape index (κ3) is 2.72. The standard InChI is InChI=1S/C17H17BrO5/c1-21-14-5-9(3-4-13(14)20)16-12(8-19)11-6-10(18)7-15(22-2)17(11)23-16/h3-7,12,16,19-20H,8H2,1-2H3/t12-,16+/m1/s1. The first-order valence-electron chi connectivity index (χ1n) is 7.11. The Morgan fingerprint density at radius 3 is 2.52 bits per heavy atom. The average Bonchev–Trinajstić information content (AvgIpc) is 2.92. The van der Waals surface area contributed by atoms with Crippen LogP contribution in [-0.2, 0) is 0 Å². The molecule has 0 saturated heterocycles. The largest absolute Gasteiger partial charge is 0.504 e. The summed E-state index contributed by atoms with van der Waals surface area (Å²) in [4.78, 5) is 0. The summed E-state index contributed by atoms with van der Waals surface area (Å²) < 4.78 is 17.5. The van der Waals surface area contributed by atoms with Crippen molar-refractivity contribution in [1.82, 2.24) is 0 Å². The van der Waals surface area contributed by atoms with Crippen LogP contribution >= 0.6 is 15.9 Å². The van der Waals surface area contributed by atoms with Crippen LogP contribution in [0, 0.1) is 0 Å². The maximum absolute atomic E-state index is 9.86. The highest BCUT2D eigenvalue weighted by Crippen LogP contribution is 2.51. The van der Waals surface area contributed by atoms with Crippen LogP contribution in [0.4, 0.5) is 0 Å². The summed E-state index contributed by atoms with van der Waals surface area (Å²) in [7, 11) is 3.07. The fourth-order valence-electron chi connectivity index (χ4n) is 2.88. The van der Waals surface area contributed by atoms with Gasteiger partial charge in [-0.15, -0.1) is 0 Å². The fraction of sp³-hybridized carbons (Fsp3) is 0.294. The van der Waals surface area contributed by atoms with Gasteiger partial charge in [0.2, 0.25) is 0 Å². The minimum atomic E-state index is -0.382. The number of hydrogen-bond acceptors (Lipinski definition) is 5. The lowest BCUT2D eigenvalue weighted by molar-refractivity contribution is 0.157. The second-order valence-electron chi connectivity index (χ2n) is 5.29. The van der Waals surface area contributed by atoms with E-state index in [9.17, 15) is 10.2 Å². The second kappa shape index (κ2) is 6.29. The molecular weight excluding hydrogens is 364 g/mol. The van der Waals surface area contributed by atoms with Gasteiger partial charge in [-0.3, -0.25) is 0 Å². The molecule has 3 rings (SSSR count). The summed E-state index contributed by atoms with van der Waals surface area (Å²) in [5.41, 5.74) is 1.70. The molecule has 0 aliphatic carbocycles. The predicted molar refractivity (Wildman–Crippen MR) is 88.5 cm³/mol. The first kappa shape index (κ1) is 16.0. The smallest absolute Gasteiger partial charge is 0.165 e. The van der Waals surface area contributed by atoms with E-state index in [1.807, 2.05) is 12.1 Å². The van der Waals surface area contributed by atoms with Crippen molar-refractivity contribution in [3.63, 3.8) is 0 Å². The molecule has 0 unspecified atom stereocenters. The topological polar surface area (TPSA) is 68.2 Å². The summed E-state index contributed by atoms with van der Waals surface area (Å²) in [6.07, 6.45) is -0.382. The zero-order valence-corrected chi connectivity index (χ0v) is 14.3. The minimum Gasteiger partial charge on any atom is -0.504 e. The second-order valence-corrected chi connectivity index (χ2v) is 6.20. The Labute approximate surface area is 142 Å². The van der Waals surface area contributed by atoms with Crippen LogP contribution in [0.15, 0.2) is 34.8 Å². The van der Waals surface area contributed by atoms with Gasteiger partial charge in [-0.1, -0.05) is 22.0 Å². The number of fused-ring (bicyclic) bond motifs is 1. The van der Waals surface area contributed by atoms with Crippen molar-refractivity contribution in [3.05, 3.63) is 45.9 Å². The molecule has 2 aromatic rings. The monoisotopic (exact) mass is 380 g/mol. The number of phenolic OH excluding ortho intramolecular Hbond substituents is 1. The Kier molecular flexibility index (Phi) is 4.37. The Hall–Kier alpha value is -1.92. The molecule has 0 bridgehead atoms. The van der Waals surface area contributed by atoms with Crippen molar-refractivity contribution in [2.75, 3.05) is 20.8 Å². The summed E-state index contributed by atoms with van der Waals surface area (Å²) in [6, 6.07) is 8.79. The van der Waals surface area contributed by atoms with Gasteiger partial charge in [0, 0.05) is 10.0 Å². The minimum absolute atomic E-state index is 0.0626. The molecule has 1 heterocycles. The molecule has 6 heteroatoms. The maximum atomic E-state index is 9.86. The van der Waals surface area contributed by atoms with Crippen LogP contribution in [0.2, 0.25) is 0 Å². The first-order chi connectivity index (χ1) is 11.1. The van der Waals surface area contributed by atoms with Crippen molar-refractivity contribution in [3.8, 4) is 23.0 Å². The number of rotatable bonds is 4. The molecule has 0 amide bonds. The van der Waals surface area contributed by atoms with E-state index in [2.05, 4.69) is 15.9 Å².